The van der Waals surface area contributed by atoms with E-state index in [-0.39, 0.29) is 0 Å². The van der Waals surface area contributed by atoms with Gasteiger partial charge in [0.2, 0.25) is 0 Å². The molecule has 2 heterocycles. The van der Waals surface area contributed by atoms with Gasteiger partial charge in [-0.1, -0.05) is 6.07 Å². The number of benzene rings is 2. The highest BCUT2D eigenvalue weighted by Crippen LogP contribution is 2.28. The summed E-state index contributed by atoms with van der Waals surface area (Å²) in [6.07, 6.45) is 0. The summed E-state index contributed by atoms with van der Waals surface area (Å²) in [5.74, 6) is 1.80. The van der Waals surface area contributed by atoms with Crippen molar-refractivity contribution in [1.82, 2.24) is 9.97 Å². The van der Waals surface area contributed by atoms with Gasteiger partial charge in [-0.3, -0.25) is 0 Å². The third kappa shape index (κ3) is 3.10. The number of fused-ring (bicyclic) bond motifs is 1. The maximum Gasteiger partial charge on any atom is 0.318 e. The summed E-state index contributed by atoms with van der Waals surface area (Å²) in [4.78, 5) is 13.7. The highest BCUT2D eigenvalue weighted by Gasteiger charge is 2.21. The number of piperazine rings is 1. The van der Waals surface area contributed by atoms with Crippen LogP contribution in [-0.2, 0) is 0 Å². The molecule has 1 aliphatic rings. The molecule has 1 radical (unpaired) electrons. The van der Waals surface area contributed by atoms with Gasteiger partial charge in [-0.05, 0) is 42.5 Å². The van der Waals surface area contributed by atoms with Gasteiger partial charge in [-0.15, -0.1) is 0 Å². The number of ether oxygens (including phenoxy) is 2. The van der Waals surface area contributed by atoms with Crippen molar-refractivity contribution in [2.45, 2.75) is 0 Å². The lowest BCUT2D eigenvalue weighted by Crippen LogP contribution is -2.47. The zero-order valence-corrected chi connectivity index (χ0v) is 15.0. The topological polar surface area (TPSA) is 50.7 Å². The molecule has 3 aromatic rings. The maximum atomic E-state index is 5.28. The van der Waals surface area contributed by atoms with Gasteiger partial charge < -0.3 is 19.3 Å². The molecule has 6 nitrogen and oxygen atoms in total. The van der Waals surface area contributed by atoms with Crippen LogP contribution in [0.15, 0.2) is 42.5 Å². The Bertz CT molecular complexity index is 890. The van der Waals surface area contributed by atoms with E-state index in [2.05, 4.69) is 38.0 Å². The minimum atomic E-state index is 0.393. The second-order valence-corrected chi connectivity index (χ2v) is 6.15. The molecule has 0 amide bonds. The van der Waals surface area contributed by atoms with E-state index in [4.69, 9.17) is 9.47 Å². The number of hydrogen-bond donors (Lipinski definition) is 0. The lowest BCUT2D eigenvalue weighted by atomic mass is 10.2. The molecule has 1 saturated heterocycles. The van der Waals surface area contributed by atoms with Crippen molar-refractivity contribution in [2.24, 2.45) is 0 Å². The van der Waals surface area contributed by atoms with Crippen LogP contribution in [0, 0.1) is 6.07 Å². The zero-order valence-electron chi connectivity index (χ0n) is 15.0. The van der Waals surface area contributed by atoms with E-state index >= 15 is 0 Å². The Morgan fingerprint density at radius 2 is 1.62 bits per heavy atom. The van der Waals surface area contributed by atoms with Crippen LogP contribution in [0.2, 0.25) is 0 Å². The first-order valence-corrected chi connectivity index (χ1v) is 8.64. The Kier molecular flexibility index (Phi) is 4.48. The molecule has 1 fully saturated rings. The van der Waals surface area contributed by atoms with Crippen LogP contribution in [0.3, 0.4) is 0 Å². The van der Waals surface area contributed by atoms with Crippen molar-refractivity contribution in [1.29, 1.82) is 0 Å². The van der Waals surface area contributed by atoms with Crippen LogP contribution in [0.5, 0.6) is 11.8 Å². The van der Waals surface area contributed by atoms with Crippen LogP contribution in [0.1, 0.15) is 0 Å². The molecule has 1 aromatic heterocycles. The van der Waals surface area contributed by atoms with Crippen molar-refractivity contribution in [3.05, 3.63) is 48.5 Å². The number of rotatable bonds is 4. The van der Waals surface area contributed by atoms with Crippen LogP contribution in [-0.4, -0.2) is 50.4 Å². The van der Waals surface area contributed by atoms with Crippen molar-refractivity contribution < 1.29 is 9.47 Å². The Morgan fingerprint density at radius 3 is 2.31 bits per heavy atom. The quantitative estimate of drug-likeness (QED) is 0.722. The normalized spacial score (nSPS) is 14.5. The third-order valence-corrected chi connectivity index (χ3v) is 4.70. The van der Waals surface area contributed by atoms with Crippen LogP contribution in [0.4, 0.5) is 11.5 Å². The number of nitrogens with zero attached hydrogens (tertiary/aromatic N) is 4. The van der Waals surface area contributed by atoms with E-state index in [9.17, 15) is 0 Å². The van der Waals surface area contributed by atoms with E-state index in [0.717, 1.165) is 48.6 Å². The first-order valence-electron chi connectivity index (χ1n) is 8.64. The Balaban J connectivity index is 1.55. The van der Waals surface area contributed by atoms with Crippen molar-refractivity contribution >= 4 is 22.4 Å². The predicted octanol–water partition coefficient (Wildman–Crippen LogP) is 2.77. The molecule has 0 unspecified atom stereocenters. The maximum absolute atomic E-state index is 5.28. The van der Waals surface area contributed by atoms with Crippen molar-refractivity contribution in [3.63, 3.8) is 0 Å². The summed E-state index contributed by atoms with van der Waals surface area (Å²) in [6, 6.07) is 17.5. The van der Waals surface area contributed by atoms with Gasteiger partial charge in [-0.25, -0.2) is 0 Å². The second kappa shape index (κ2) is 7.07. The Labute approximate surface area is 153 Å². The van der Waals surface area contributed by atoms with Crippen LogP contribution in [0.25, 0.3) is 10.9 Å². The molecule has 0 aliphatic carbocycles. The molecule has 2 aromatic carbocycles. The van der Waals surface area contributed by atoms with Crippen molar-refractivity contribution in [3.8, 4) is 11.8 Å². The van der Waals surface area contributed by atoms with E-state index in [1.165, 1.54) is 5.69 Å². The minimum Gasteiger partial charge on any atom is -0.497 e. The highest BCUT2D eigenvalue weighted by atomic mass is 16.5. The van der Waals surface area contributed by atoms with Gasteiger partial charge >= 0.3 is 6.01 Å². The molecule has 0 saturated carbocycles. The first-order chi connectivity index (χ1) is 12.8. The van der Waals surface area contributed by atoms with Crippen LogP contribution < -0.4 is 19.3 Å². The summed E-state index contributed by atoms with van der Waals surface area (Å²) in [5.41, 5.74) is 2.07. The van der Waals surface area contributed by atoms with Gasteiger partial charge in [0.25, 0.3) is 0 Å². The van der Waals surface area contributed by atoms with E-state index in [1.54, 1.807) is 14.2 Å². The molecule has 0 spiro atoms. The van der Waals surface area contributed by atoms with E-state index in [1.807, 2.05) is 30.3 Å². The lowest BCUT2D eigenvalue weighted by molar-refractivity contribution is 0.381. The fourth-order valence-corrected chi connectivity index (χ4v) is 3.28. The molecular weight excluding hydrogens is 328 g/mol. The summed E-state index contributed by atoms with van der Waals surface area (Å²) >= 11 is 0. The molecular formula is C20H21N4O2. The fourth-order valence-electron chi connectivity index (χ4n) is 3.28. The molecule has 0 bridgehead atoms. The molecule has 1 aliphatic heterocycles. The smallest absolute Gasteiger partial charge is 0.318 e. The molecule has 0 N–H and O–H groups in total. The summed E-state index contributed by atoms with van der Waals surface area (Å²) in [7, 11) is 3.28. The number of methoxy groups -OCH3 is 2. The Hall–Kier alpha value is -3.02. The SMILES string of the molecule is COc1ccc(N2CCN(c3nc(OC)nc4c[c]ccc34)CC2)cc1. The number of anilines is 2. The summed E-state index contributed by atoms with van der Waals surface area (Å²) in [6.45, 7) is 3.64. The van der Waals surface area contributed by atoms with Gasteiger partial charge in [0.05, 0.1) is 19.7 Å². The monoisotopic (exact) mass is 349 g/mol. The zero-order chi connectivity index (χ0) is 17.9. The van der Waals surface area contributed by atoms with Gasteiger partial charge in [0, 0.05) is 37.3 Å². The largest absolute Gasteiger partial charge is 0.497 e. The summed E-state index contributed by atoms with van der Waals surface area (Å²) < 4.78 is 10.5. The average molecular weight is 349 g/mol. The van der Waals surface area contributed by atoms with Gasteiger partial charge in [0.1, 0.15) is 11.6 Å². The highest BCUT2D eigenvalue weighted by molar-refractivity contribution is 5.89. The molecule has 133 valence electrons. The van der Waals surface area contributed by atoms with Crippen molar-refractivity contribution in [2.75, 3.05) is 50.2 Å². The lowest BCUT2D eigenvalue weighted by Gasteiger charge is -2.37. The average Bonchev–Trinajstić information content (AvgIpc) is 2.73. The molecule has 4 rings (SSSR count). The van der Waals surface area contributed by atoms with Gasteiger partial charge in [-0.2, -0.15) is 9.97 Å². The predicted molar refractivity (Wildman–Crippen MR) is 102 cm³/mol. The molecule has 6 heteroatoms. The standard InChI is InChI=1S/C20H21N4O2/c1-25-16-9-7-15(8-10-16)23-11-13-24(14-12-23)19-17-5-3-4-6-18(17)21-20(22-19)26-2/h3,5-10H,11-14H2,1-2H3. The Morgan fingerprint density at radius 1 is 0.885 bits per heavy atom. The second-order valence-electron chi connectivity index (χ2n) is 6.15. The third-order valence-electron chi connectivity index (χ3n) is 4.70. The number of aromatic nitrogens is 2. The summed E-state index contributed by atoms with van der Waals surface area (Å²) in [5, 5.41) is 1.03. The van der Waals surface area contributed by atoms with Crippen LogP contribution >= 0.6 is 0 Å². The minimum absolute atomic E-state index is 0.393. The van der Waals surface area contributed by atoms with E-state index in [0.29, 0.717) is 6.01 Å². The van der Waals surface area contributed by atoms with Gasteiger partial charge in [0.15, 0.2) is 0 Å². The van der Waals surface area contributed by atoms with E-state index < -0.39 is 0 Å². The number of hydrogen-bond acceptors (Lipinski definition) is 6. The molecule has 26 heavy (non-hydrogen) atoms. The fraction of sp³-hybridized carbons (Fsp3) is 0.300. The first kappa shape index (κ1) is 16.4. The molecule has 0 atom stereocenters.